The lowest BCUT2D eigenvalue weighted by atomic mass is 10.1. The van der Waals surface area contributed by atoms with Crippen LogP contribution in [-0.2, 0) is 20.7 Å². The Hall–Kier alpha value is -2.44. The molecule has 1 atom stereocenters. The second-order valence-corrected chi connectivity index (χ2v) is 6.13. The van der Waals surface area contributed by atoms with Crippen molar-refractivity contribution in [3.05, 3.63) is 35.6 Å². The predicted octanol–water partition coefficient (Wildman–Crippen LogP) is 1.92. The van der Waals surface area contributed by atoms with Crippen LogP contribution < -0.4 is 10.6 Å². The van der Waals surface area contributed by atoms with Gasteiger partial charge in [0.1, 0.15) is 5.82 Å². The highest BCUT2D eigenvalue weighted by atomic mass is 19.1. The van der Waals surface area contributed by atoms with E-state index in [1.807, 2.05) is 0 Å². The van der Waals surface area contributed by atoms with E-state index in [9.17, 15) is 18.8 Å². The summed E-state index contributed by atoms with van der Waals surface area (Å²) in [6.45, 7) is 6.64. The van der Waals surface area contributed by atoms with Crippen molar-refractivity contribution < 1.29 is 23.5 Å². The van der Waals surface area contributed by atoms with Gasteiger partial charge in [-0.3, -0.25) is 14.9 Å². The van der Waals surface area contributed by atoms with Gasteiger partial charge in [0, 0.05) is 5.54 Å². The number of hydrogen-bond donors (Lipinski definition) is 2. The molecule has 0 heterocycles. The first-order valence-electron chi connectivity index (χ1n) is 7.14. The minimum Gasteiger partial charge on any atom is -0.452 e. The molecule has 6 nitrogen and oxygen atoms in total. The van der Waals surface area contributed by atoms with Gasteiger partial charge < -0.3 is 10.1 Å². The van der Waals surface area contributed by atoms with Crippen LogP contribution in [0.2, 0.25) is 0 Å². The number of carbonyl (C=O) groups is 3. The summed E-state index contributed by atoms with van der Waals surface area (Å²) >= 11 is 0. The van der Waals surface area contributed by atoms with E-state index in [0.717, 1.165) is 0 Å². The average molecular weight is 324 g/mol. The van der Waals surface area contributed by atoms with E-state index in [1.54, 1.807) is 26.8 Å². The zero-order valence-electron chi connectivity index (χ0n) is 13.6. The highest BCUT2D eigenvalue weighted by molar-refractivity contribution is 5.97. The van der Waals surface area contributed by atoms with Crippen molar-refractivity contribution in [3.8, 4) is 0 Å². The number of amides is 3. The molecule has 1 aromatic carbocycles. The van der Waals surface area contributed by atoms with Gasteiger partial charge in [0.05, 0.1) is 6.42 Å². The van der Waals surface area contributed by atoms with Crippen LogP contribution in [0.1, 0.15) is 33.3 Å². The molecule has 3 amide bonds. The van der Waals surface area contributed by atoms with Crippen LogP contribution in [0.25, 0.3) is 0 Å². The van der Waals surface area contributed by atoms with Crippen LogP contribution in [-0.4, -0.2) is 29.6 Å². The molecule has 23 heavy (non-hydrogen) atoms. The number of esters is 1. The van der Waals surface area contributed by atoms with Gasteiger partial charge in [0.2, 0.25) is 0 Å². The van der Waals surface area contributed by atoms with Crippen molar-refractivity contribution in [3.63, 3.8) is 0 Å². The minimum absolute atomic E-state index is 0.163. The second-order valence-electron chi connectivity index (χ2n) is 6.13. The lowest BCUT2D eigenvalue weighted by Crippen LogP contribution is -2.50. The summed E-state index contributed by atoms with van der Waals surface area (Å²) in [5.41, 5.74) is -0.0603. The summed E-state index contributed by atoms with van der Waals surface area (Å²) in [4.78, 5) is 35.1. The average Bonchev–Trinajstić information content (AvgIpc) is 2.35. The molecule has 0 aliphatic carbocycles. The number of halogens is 1. The summed E-state index contributed by atoms with van der Waals surface area (Å²) in [6, 6.07) is 4.86. The lowest BCUT2D eigenvalue weighted by molar-refractivity contribution is -0.153. The molecule has 1 rings (SSSR count). The number of carbonyl (C=O) groups excluding carboxylic acids is 3. The Morgan fingerprint density at radius 3 is 2.48 bits per heavy atom. The van der Waals surface area contributed by atoms with E-state index in [-0.39, 0.29) is 6.42 Å². The molecule has 0 saturated heterocycles. The third-order valence-electron chi connectivity index (χ3n) is 2.64. The summed E-state index contributed by atoms with van der Waals surface area (Å²) < 4.78 is 18.0. The monoisotopic (exact) mass is 324 g/mol. The molecular formula is C16H21FN2O4. The maximum Gasteiger partial charge on any atom is 0.321 e. The predicted molar refractivity (Wildman–Crippen MR) is 82.1 cm³/mol. The molecule has 1 aromatic rings. The Bertz CT molecular complexity index is 596. The van der Waals surface area contributed by atoms with Crippen LogP contribution in [0.5, 0.6) is 0 Å². The van der Waals surface area contributed by atoms with Gasteiger partial charge in [-0.15, -0.1) is 0 Å². The molecular weight excluding hydrogens is 303 g/mol. The molecule has 2 N–H and O–H groups in total. The molecule has 0 fully saturated rings. The summed E-state index contributed by atoms with van der Waals surface area (Å²) in [5, 5.41) is 4.64. The maximum atomic E-state index is 13.0. The molecule has 0 saturated carbocycles. The molecule has 0 aliphatic rings. The molecule has 0 spiro atoms. The highest BCUT2D eigenvalue weighted by Gasteiger charge is 2.22. The maximum absolute atomic E-state index is 13.0. The van der Waals surface area contributed by atoms with Gasteiger partial charge in [0.15, 0.2) is 6.10 Å². The van der Waals surface area contributed by atoms with E-state index in [4.69, 9.17) is 4.74 Å². The summed E-state index contributed by atoms with van der Waals surface area (Å²) in [7, 11) is 0. The first-order valence-corrected chi connectivity index (χ1v) is 7.14. The van der Waals surface area contributed by atoms with E-state index >= 15 is 0 Å². The van der Waals surface area contributed by atoms with Gasteiger partial charge in [0.25, 0.3) is 5.91 Å². The highest BCUT2D eigenvalue weighted by Crippen LogP contribution is 2.06. The van der Waals surface area contributed by atoms with Crippen LogP contribution in [0.15, 0.2) is 24.3 Å². The van der Waals surface area contributed by atoms with E-state index in [1.165, 1.54) is 25.1 Å². The number of hydrogen-bond acceptors (Lipinski definition) is 4. The van der Waals surface area contributed by atoms with Crippen LogP contribution in [0.3, 0.4) is 0 Å². The number of urea groups is 1. The number of rotatable bonds is 4. The van der Waals surface area contributed by atoms with Gasteiger partial charge >= 0.3 is 12.0 Å². The fraction of sp³-hybridized carbons (Fsp3) is 0.438. The fourth-order valence-electron chi connectivity index (χ4n) is 1.69. The zero-order valence-corrected chi connectivity index (χ0v) is 13.6. The molecule has 126 valence electrons. The van der Waals surface area contributed by atoms with Crippen molar-refractivity contribution in [2.75, 3.05) is 0 Å². The Labute approximate surface area is 134 Å². The van der Waals surface area contributed by atoms with Gasteiger partial charge in [-0.25, -0.2) is 9.18 Å². The van der Waals surface area contributed by atoms with Crippen molar-refractivity contribution >= 4 is 17.9 Å². The van der Waals surface area contributed by atoms with E-state index < -0.39 is 35.4 Å². The van der Waals surface area contributed by atoms with Crippen molar-refractivity contribution in [2.24, 2.45) is 0 Å². The first kappa shape index (κ1) is 18.6. The molecule has 0 radical (unpaired) electrons. The Kier molecular flexibility index (Phi) is 6.24. The topological polar surface area (TPSA) is 84.5 Å². The van der Waals surface area contributed by atoms with E-state index in [2.05, 4.69) is 10.6 Å². The number of imide groups is 1. The third kappa shape index (κ3) is 7.39. The van der Waals surface area contributed by atoms with Crippen LogP contribution >= 0.6 is 0 Å². The Balaban J connectivity index is 2.48. The lowest BCUT2D eigenvalue weighted by Gasteiger charge is -2.21. The van der Waals surface area contributed by atoms with Crippen molar-refractivity contribution in [1.82, 2.24) is 10.6 Å². The Morgan fingerprint density at radius 1 is 1.26 bits per heavy atom. The smallest absolute Gasteiger partial charge is 0.321 e. The van der Waals surface area contributed by atoms with E-state index in [0.29, 0.717) is 5.56 Å². The fourth-order valence-corrected chi connectivity index (χ4v) is 1.69. The molecule has 7 heteroatoms. The number of ether oxygens (including phenoxy) is 1. The molecule has 0 bridgehead atoms. The first-order chi connectivity index (χ1) is 10.6. The molecule has 0 aromatic heterocycles. The van der Waals surface area contributed by atoms with Gasteiger partial charge in [-0.2, -0.15) is 0 Å². The second kappa shape index (κ2) is 7.71. The summed E-state index contributed by atoms with van der Waals surface area (Å²) in [5.74, 6) is -1.88. The number of nitrogens with one attached hydrogen (secondary N) is 2. The van der Waals surface area contributed by atoms with Crippen LogP contribution in [0, 0.1) is 5.82 Å². The molecule has 0 aliphatic heterocycles. The summed E-state index contributed by atoms with van der Waals surface area (Å²) in [6.07, 6.45) is -1.30. The zero-order chi connectivity index (χ0) is 17.6. The number of benzene rings is 1. The minimum atomic E-state index is -1.14. The normalized spacial score (nSPS) is 12.2. The molecule has 0 unspecified atom stereocenters. The van der Waals surface area contributed by atoms with Crippen molar-refractivity contribution in [1.29, 1.82) is 0 Å². The largest absolute Gasteiger partial charge is 0.452 e. The van der Waals surface area contributed by atoms with Crippen molar-refractivity contribution in [2.45, 2.75) is 45.8 Å². The van der Waals surface area contributed by atoms with Gasteiger partial charge in [-0.1, -0.05) is 12.1 Å². The SMILES string of the molecule is C[C@@H](OC(=O)Cc1cccc(F)c1)C(=O)NC(=O)NC(C)(C)C. The van der Waals surface area contributed by atoms with Crippen LogP contribution in [0.4, 0.5) is 9.18 Å². The van der Waals surface area contributed by atoms with Gasteiger partial charge in [-0.05, 0) is 45.4 Å². The quantitative estimate of drug-likeness (QED) is 0.829. The Morgan fingerprint density at radius 2 is 1.91 bits per heavy atom. The third-order valence-corrected chi connectivity index (χ3v) is 2.64. The standard InChI is InChI=1S/C16H21FN2O4/c1-10(14(21)18-15(22)19-16(2,3)4)23-13(20)9-11-6-5-7-12(17)8-11/h5-8,10H,9H2,1-4H3,(H2,18,19,21,22)/t10-/m1/s1.